The minimum absolute atomic E-state index is 0.0546. The Morgan fingerprint density at radius 2 is 2.47 bits per heavy atom. The highest BCUT2D eigenvalue weighted by molar-refractivity contribution is 5.75. The van der Waals surface area contributed by atoms with E-state index in [4.69, 9.17) is 5.26 Å². The highest BCUT2D eigenvalue weighted by Gasteiger charge is 2.07. The molecule has 1 heterocycles. The fourth-order valence-electron chi connectivity index (χ4n) is 1.18. The monoisotopic (exact) mass is 206 g/mol. The molecule has 15 heavy (non-hydrogen) atoms. The average Bonchev–Trinajstić information content (AvgIpc) is 2.75. The van der Waals surface area contributed by atoms with Crippen molar-refractivity contribution in [3.8, 4) is 6.07 Å². The lowest BCUT2D eigenvalue weighted by atomic mass is 10.3. The van der Waals surface area contributed by atoms with Crippen LogP contribution in [0.15, 0.2) is 18.7 Å². The lowest BCUT2D eigenvalue weighted by molar-refractivity contribution is -0.130. The third kappa shape index (κ3) is 3.81. The molecule has 0 N–H and O–H groups in total. The van der Waals surface area contributed by atoms with E-state index < -0.39 is 0 Å². The lowest BCUT2D eigenvalue weighted by Crippen LogP contribution is -2.28. The molecular weight excluding hydrogens is 192 g/mol. The topological polar surface area (TPSA) is 61.9 Å². The average molecular weight is 206 g/mol. The molecule has 0 fully saturated rings. The number of aromatic nitrogens is 2. The molecule has 1 amide bonds. The Kier molecular flexibility index (Phi) is 4.35. The van der Waals surface area contributed by atoms with Gasteiger partial charge in [0.25, 0.3) is 0 Å². The summed E-state index contributed by atoms with van der Waals surface area (Å²) < 4.78 is 1.86. The second-order valence-electron chi connectivity index (χ2n) is 3.27. The molecular formula is C10H14N4O. The van der Waals surface area contributed by atoms with Gasteiger partial charge < -0.3 is 9.47 Å². The van der Waals surface area contributed by atoms with Crippen molar-refractivity contribution in [2.75, 3.05) is 13.6 Å². The van der Waals surface area contributed by atoms with Crippen LogP contribution in [0.1, 0.15) is 12.8 Å². The number of carbonyl (C=O) groups excluding carboxylic acids is 1. The molecule has 80 valence electrons. The van der Waals surface area contributed by atoms with Crippen LogP contribution < -0.4 is 0 Å². The molecule has 0 atom stereocenters. The molecule has 0 aliphatic rings. The van der Waals surface area contributed by atoms with Crippen LogP contribution in [-0.2, 0) is 11.3 Å². The van der Waals surface area contributed by atoms with E-state index in [0.29, 0.717) is 25.9 Å². The van der Waals surface area contributed by atoms with E-state index in [1.165, 1.54) is 0 Å². The highest BCUT2D eigenvalue weighted by Crippen LogP contribution is 1.96. The van der Waals surface area contributed by atoms with Gasteiger partial charge in [-0.3, -0.25) is 4.79 Å². The third-order valence-corrected chi connectivity index (χ3v) is 2.13. The summed E-state index contributed by atoms with van der Waals surface area (Å²) in [6, 6.07) is 2.01. The molecule has 0 aromatic carbocycles. The van der Waals surface area contributed by atoms with Gasteiger partial charge in [-0.05, 0) is 0 Å². The maximum atomic E-state index is 11.5. The van der Waals surface area contributed by atoms with Crippen LogP contribution in [0.4, 0.5) is 0 Å². The van der Waals surface area contributed by atoms with Gasteiger partial charge in [-0.2, -0.15) is 5.26 Å². The number of rotatable bonds is 5. The predicted molar refractivity (Wildman–Crippen MR) is 54.7 cm³/mol. The minimum Gasteiger partial charge on any atom is -0.345 e. The highest BCUT2D eigenvalue weighted by atomic mass is 16.2. The van der Waals surface area contributed by atoms with E-state index in [1.54, 1.807) is 24.5 Å². The zero-order valence-corrected chi connectivity index (χ0v) is 8.76. The van der Waals surface area contributed by atoms with Crippen LogP contribution in [0.5, 0.6) is 0 Å². The van der Waals surface area contributed by atoms with Crippen LogP contribution in [0.25, 0.3) is 0 Å². The number of nitriles is 1. The largest absolute Gasteiger partial charge is 0.345 e. The van der Waals surface area contributed by atoms with Crippen molar-refractivity contribution < 1.29 is 4.79 Å². The minimum atomic E-state index is 0.0546. The molecule has 0 saturated heterocycles. The van der Waals surface area contributed by atoms with Gasteiger partial charge in [-0.1, -0.05) is 0 Å². The lowest BCUT2D eigenvalue weighted by Gasteiger charge is -2.15. The Bertz CT molecular complexity index is 339. The molecule has 0 aliphatic carbocycles. The van der Waals surface area contributed by atoms with Crippen molar-refractivity contribution in [2.45, 2.75) is 19.4 Å². The summed E-state index contributed by atoms with van der Waals surface area (Å²) in [4.78, 5) is 17.0. The smallest absolute Gasteiger partial charge is 0.224 e. The molecule has 0 radical (unpaired) electrons. The standard InChI is InChI=1S/C10H14N4O/c1-13(6-2-4-11)10(15)3-7-14-8-5-12-9-14/h5,8-9H,2-3,6-7H2,1H3. The number of carbonyl (C=O) groups is 1. The zero-order chi connectivity index (χ0) is 11.1. The van der Waals surface area contributed by atoms with Gasteiger partial charge in [0.1, 0.15) is 0 Å². The normalized spacial score (nSPS) is 9.60. The molecule has 1 aromatic rings. The number of imidazole rings is 1. The van der Waals surface area contributed by atoms with Crippen molar-refractivity contribution in [3.63, 3.8) is 0 Å². The van der Waals surface area contributed by atoms with Crippen molar-refractivity contribution in [2.24, 2.45) is 0 Å². The van der Waals surface area contributed by atoms with Crippen LogP contribution >= 0.6 is 0 Å². The SMILES string of the molecule is CN(CCC#N)C(=O)CCn1ccnc1. The van der Waals surface area contributed by atoms with Gasteiger partial charge in [0, 0.05) is 39.0 Å². The number of amides is 1. The second-order valence-corrected chi connectivity index (χ2v) is 3.27. The first-order chi connectivity index (χ1) is 7.24. The summed E-state index contributed by atoms with van der Waals surface area (Å²) in [7, 11) is 1.72. The van der Waals surface area contributed by atoms with Crippen molar-refractivity contribution in [1.29, 1.82) is 5.26 Å². The molecule has 5 nitrogen and oxygen atoms in total. The first-order valence-electron chi connectivity index (χ1n) is 4.80. The molecule has 0 spiro atoms. The molecule has 1 aromatic heterocycles. The van der Waals surface area contributed by atoms with E-state index in [1.807, 2.05) is 16.8 Å². The first kappa shape index (κ1) is 11.2. The first-order valence-corrected chi connectivity index (χ1v) is 4.80. The molecule has 0 aliphatic heterocycles. The van der Waals surface area contributed by atoms with Crippen LogP contribution in [0.3, 0.4) is 0 Å². The number of hydrogen-bond donors (Lipinski definition) is 0. The summed E-state index contributed by atoms with van der Waals surface area (Å²) in [5.74, 6) is 0.0546. The summed E-state index contributed by atoms with van der Waals surface area (Å²) in [6.45, 7) is 1.13. The quantitative estimate of drug-likeness (QED) is 0.710. The molecule has 0 saturated carbocycles. The summed E-state index contributed by atoms with van der Waals surface area (Å²) in [6.07, 6.45) is 6.01. The number of nitrogens with zero attached hydrogens (tertiary/aromatic N) is 4. The maximum Gasteiger partial charge on any atom is 0.224 e. The van der Waals surface area contributed by atoms with Gasteiger partial charge in [0.2, 0.25) is 5.91 Å². The zero-order valence-electron chi connectivity index (χ0n) is 8.76. The number of aryl methyl sites for hydroxylation is 1. The van der Waals surface area contributed by atoms with Crippen molar-refractivity contribution >= 4 is 5.91 Å². The maximum absolute atomic E-state index is 11.5. The third-order valence-electron chi connectivity index (χ3n) is 2.13. The summed E-state index contributed by atoms with van der Waals surface area (Å²) >= 11 is 0. The van der Waals surface area contributed by atoms with Crippen LogP contribution in [-0.4, -0.2) is 34.0 Å². The second kappa shape index (κ2) is 5.81. The Morgan fingerprint density at radius 3 is 3.07 bits per heavy atom. The Balaban J connectivity index is 2.27. The van der Waals surface area contributed by atoms with E-state index >= 15 is 0 Å². The van der Waals surface area contributed by atoms with E-state index in [9.17, 15) is 4.79 Å². The summed E-state index contributed by atoms with van der Waals surface area (Å²) in [5, 5.41) is 8.38. The van der Waals surface area contributed by atoms with Crippen molar-refractivity contribution in [3.05, 3.63) is 18.7 Å². The van der Waals surface area contributed by atoms with E-state index in [0.717, 1.165) is 0 Å². The van der Waals surface area contributed by atoms with E-state index in [-0.39, 0.29) is 5.91 Å². The molecule has 1 rings (SSSR count). The fourth-order valence-corrected chi connectivity index (χ4v) is 1.18. The van der Waals surface area contributed by atoms with Gasteiger partial charge in [-0.15, -0.1) is 0 Å². The van der Waals surface area contributed by atoms with E-state index in [2.05, 4.69) is 4.98 Å². The summed E-state index contributed by atoms with van der Waals surface area (Å²) in [5.41, 5.74) is 0. The van der Waals surface area contributed by atoms with Crippen molar-refractivity contribution in [1.82, 2.24) is 14.5 Å². The van der Waals surface area contributed by atoms with Crippen LogP contribution in [0, 0.1) is 11.3 Å². The van der Waals surface area contributed by atoms with Gasteiger partial charge in [0.15, 0.2) is 0 Å². The predicted octanol–water partition coefficient (Wildman–Crippen LogP) is 0.645. The fraction of sp³-hybridized carbons (Fsp3) is 0.500. The van der Waals surface area contributed by atoms with Gasteiger partial charge in [0.05, 0.1) is 18.8 Å². The van der Waals surface area contributed by atoms with Crippen LogP contribution in [0.2, 0.25) is 0 Å². The molecule has 5 heteroatoms. The Morgan fingerprint density at radius 1 is 1.67 bits per heavy atom. The van der Waals surface area contributed by atoms with Gasteiger partial charge >= 0.3 is 0 Å². The molecule has 0 bridgehead atoms. The molecule has 0 unspecified atom stereocenters. The number of hydrogen-bond acceptors (Lipinski definition) is 3. The Hall–Kier alpha value is -1.83. The van der Waals surface area contributed by atoms with Gasteiger partial charge in [-0.25, -0.2) is 4.98 Å². The Labute approximate surface area is 88.9 Å².